The highest BCUT2D eigenvalue weighted by atomic mass is 35.5. The number of thioether (sulfide) groups is 1. The molecule has 4 heteroatoms. The van der Waals surface area contributed by atoms with E-state index in [2.05, 4.69) is 6.92 Å². The number of hydrogen-bond acceptors (Lipinski definition) is 3. The van der Waals surface area contributed by atoms with Crippen molar-refractivity contribution in [2.45, 2.75) is 13.5 Å². The maximum atomic E-state index is 8.90. The predicted molar refractivity (Wildman–Crippen MR) is 65.9 cm³/mol. The van der Waals surface area contributed by atoms with Gasteiger partial charge in [0.2, 0.25) is 0 Å². The fourth-order valence-electron chi connectivity index (χ4n) is 1.11. The largest absolute Gasteiger partial charge is 0.491 e. The number of hydrogen-bond donors (Lipinski definition) is 1. The number of aliphatic hydroxyl groups is 1. The zero-order chi connectivity index (χ0) is 11.1. The van der Waals surface area contributed by atoms with E-state index in [4.69, 9.17) is 21.4 Å². The fraction of sp³-hybridized carbons (Fsp3) is 0.455. The third-order valence-corrected chi connectivity index (χ3v) is 3.03. The van der Waals surface area contributed by atoms with Gasteiger partial charge in [-0.15, -0.1) is 0 Å². The number of benzene rings is 1. The third kappa shape index (κ3) is 4.33. The van der Waals surface area contributed by atoms with Crippen LogP contribution in [0.1, 0.15) is 12.5 Å². The molecule has 0 radical (unpaired) electrons. The maximum Gasteiger partial charge on any atom is 0.137 e. The van der Waals surface area contributed by atoms with Crippen molar-refractivity contribution in [1.82, 2.24) is 0 Å². The Labute approximate surface area is 99.6 Å². The molecule has 0 aliphatic carbocycles. The average Bonchev–Trinajstić information content (AvgIpc) is 2.26. The van der Waals surface area contributed by atoms with Crippen LogP contribution < -0.4 is 4.74 Å². The summed E-state index contributed by atoms with van der Waals surface area (Å²) in [4.78, 5) is 0. The predicted octanol–water partition coefficient (Wildman–Crippen LogP) is 2.96. The van der Waals surface area contributed by atoms with Crippen molar-refractivity contribution in [3.05, 3.63) is 28.8 Å². The van der Waals surface area contributed by atoms with Gasteiger partial charge in [-0.1, -0.05) is 24.6 Å². The van der Waals surface area contributed by atoms with Gasteiger partial charge in [-0.05, 0) is 23.4 Å². The van der Waals surface area contributed by atoms with Crippen LogP contribution in [0.4, 0.5) is 0 Å². The lowest BCUT2D eigenvalue weighted by Crippen LogP contribution is -2.01. The molecule has 1 rings (SSSR count). The molecule has 0 heterocycles. The van der Waals surface area contributed by atoms with E-state index in [0.29, 0.717) is 17.4 Å². The fourth-order valence-corrected chi connectivity index (χ4v) is 1.86. The molecule has 0 atom stereocenters. The van der Waals surface area contributed by atoms with Crippen molar-refractivity contribution >= 4 is 23.4 Å². The highest BCUT2D eigenvalue weighted by molar-refractivity contribution is 7.99. The summed E-state index contributed by atoms with van der Waals surface area (Å²) in [7, 11) is 0. The molecule has 0 aromatic heterocycles. The molecule has 0 fully saturated rings. The minimum Gasteiger partial charge on any atom is -0.491 e. The molecule has 1 aromatic rings. The molecule has 0 unspecified atom stereocenters. The van der Waals surface area contributed by atoms with E-state index in [1.165, 1.54) is 0 Å². The Bertz CT molecular complexity index is 305. The molecule has 84 valence electrons. The Morgan fingerprint density at radius 2 is 2.27 bits per heavy atom. The van der Waals surface area contributed by atoms with E-state index < -0.39 is 0 Å². The maximum absolute atomic E-state index is 8.90. The van der Waals surface area contributed by atoms with Crippen LogP contribution in [-0.4, -0.2) is 23.2 Å². The molecule has 0 saturated carbocycles. The summed E-state index contributed by atoms with van der Waals surface area (Å²) in [6, 6.07) is 5.34. The summed E-state index contributed by atoms with van der Waals surface area (Å²) in [6.45, 7) is 2.79. The minimum atomic E-state index is 0.00564. The first-order valence-corrected chi connectivity index (χ1v) is 6.41. The Morgan fingerprint density at radius 3 is 2.87 bits per heavy atom. The summed E-state index contributed by atoms with van der Waals surface area (Å²) in [5.41, 5.74) is 0.801. The van der Waals surface area contributed by atoms with Gasteiger partial charge in [-0.3, -0.25) is 0 Å². The van der Waals surface area contributed by atoms with E-state index in [1.807, 2.05) is 17.8 Å². The molecule has 0 spiro atoms. The molecule has 1 N–H and O–H groups in total. The molecule has 0 aliphatic heterocycles. The van der Waals surface area contributed by atoms with Gasteiger partial charge < -0.3 is 9.84 Å². The molecule has 0 bridgehead atoms. The van der Waals surface area contributed by atoms with Crippen LogP contribution in [0.25, 0.3) is 0 Å². The van der Waals surface area contributed by atoms with Crippen LogP contribution >= 0.6 is 23.4 Å². The monoisotopic (exact) mass is 246 g/mol. The Hall–Kier alpha value is -0.380. The highest BCUT2D eigenvalue weighted by Crippen LogP contribution is 2.25. The summed E-state index contributed by atoms with van der Waals surface area (Å²) >= 11 is 7.81. The summed E-state index contributed by atoms with van der Waals surface area (Å²) in [5, 5.41) is 9.45. The Morgan fingerprint density at radius 1 is 1.47 bits per heavy atom. The van der Waals surface area contributed by atoms with Gasteiger partial charge in [0.15, 0.2) is 0 Å². The molecule has 0 amide bonds. The van der Waals surface area contributed by atoms with Crippen molar-refractivity contribution in [2.24, 2.45) is 0 Å². The van der Waals surface area contributed by atoms with Crippen molar-refractivity contribution in [3.63, 3.8) is 0 Å². The SMILES string of the molecule is CCSCCOc1ccc(CO)cc1Cl. The molecule has 1 aromatic carbocycles. The Balaban J connectivity index is 2.47. The number of halogens is 1. The highest BCUT2D eigenvalue weighted by Gasteiger charge is 2.02. The van der Waals surface area contributed by atoms with E-state index in [9.17, 15) is 0 Å². The van der Waals surface area contributed by atoms with Crippen LogP contribution in [0.3, 0.4) is 0 Å². The van der Waals surface area contributed by atoms with Gasteiger partial charge in [0.1, 0.15) is 5.75 Å². The van der Waals surface area contributed by atoms with Gasteiger partial charge in [0.25, 0.3) is 0 Å². The first-order valence-electron chi connectivity index (χ1n) is 4.87. The molecular weight excluding hydrogens is 232 g/mol. The zero-order valence-electron chi connectivity index (χ0n) is 8.70. The number of ether oxygens (including phenoxy) is 1. The molecular formula is C11H15ClO2S. The Kier molecular flexibility index (Phi) is 5.91. The van der Waals surface area contributed by atoms with Gasteiger partial charge in [-0.25, -0.2) is 0 Å². The second-order valence-electron chi connectivity index (χ2n) is 2.97. The topological polar surface area (TPSA) is 29.5 Å². The number of rotatable bonds is 6. The normalized spacial score (nSPS) is 10.3. The average molecular weight is 247 g/mol. The first-order chi connectivity index (χ1) is 7.27. The second kappa shape index (κ2) is 6.99. The van der Waals surface area contributed by atoms with Crippen molar-refractivity contribution in [3.8, 4) is 5.75 Å². The standard InChI is InChI=1S/C11H15ClO2S/c1-2-15-6-5-14-11-4-3-9(8-13)7-10(11)12/h3-4,7,13H,2,5-6,8H2,1H3. The van der Waals surface area contributed by atoms with Gasteiger partial charge in [0, 0.05) is 5.75 Å². The molecule has 0 aliphatic rings. The lowest BCUT2D eigenvalue weighted by atomic mass is 10.2. The third-order valence-electron chi connectivity index (χ3n) is 1.87. The second-order valence-corrected chi connectivity index (χ2v) is 4.77. The molecule has 0 saturated heterocycles. The minimum absolute atomic E-state index is 0.00564. The first kappa shape index (κ1) is 12.7. The van der Waals surface area contributed by atoms with Crippen molar-refractivity contribution in [1.29, 1.82) is 0 Å². The van der Waals surface area contributed by atoms with Gasteiger partial charge >= 0.3 is 0 Å². The smallest absolute Gasteiger partial charge is 0.137 e. The lowest BCUT2D eigenvalue weighted by Gasteiger charge is -2.08. The van der Waals surface area contributed by atoms with E-state index >= 15 is 0 Å². The summed E-state index contributed by atoms with van der Waals surface area (Å²) in [5.74, 6) is 2.75. The van der Waals surface area contributed by atoms with Crippen LogP contribution in [0, 0.1) is 0 Å². The summed E-state index contributed by atoms with van der Waals surface area (Å²) in [6.07, 6.45) is 0. The molecule has 15 heavy (non-hydrogen) atoms. The lowest BCUT2D eigenvalue weighted by molar-refractivity contribution is 0.281. The number of aliphatic hydroxyl groups excluding tert-OH is 1. The summed E-state index contributed by atoms with van der Waals surface area (Å²) < 4.78 is 5.50. The van der Waals surface area contributed by atoms with Crippen LogP contribution in [0.5, 0.6) is 5.75 Å². The van der Waals surface area contributed by atoms with Crippen LogP contribution in [0.15, 0.2) is 18.2 Å². The quantitative estimate of drug-likeness (QED) is 0.783. The van der Waals surface area contributed by atoms with Crippen molar-refractivity contribution < 1.29 is 9.84 Å². The van der Waals surface area contributed by atoms with E-state index in [-0.39, 0.29) is 6.61 Å². The van der Waals surface area contributed by atoms with E-state index in [1.54, 1.807) is 12.1 Å². The van der Waals surface area contributed by atoms with Crippen molar-refractivity contribution in [2.75, 3.05) is 18.1 Å². The van der Waals surface area contributed by atoms with Gasteiger partial charge in [0.05, 0.1) is 18.2 Å². The van der Waals surface area contributed by atoms with E-state index in [0.717, 1.165) is 17.1 Å². The van der Waals surface area contributed by atoms with Gasteiger partial charge in [-0.2, -0.15) is 11.8 Å². The van der Waals surface area contributed by atoms with Crippen LogP contribution in [-0.2, 0) is 6.61 Å². The molecule has 2 nitrogen and oxygen atoms in total. The van der Waals surface area contributed by atoms with Crippen LogP contribution in [0.2, 0.25) is 5.02 Å². The zero-order valence-corrected chi connectivity index (χ0v) is 10.3.